The largest absolute Gasteiger partial charge is 0.496 e. The van der Waals surface area contributed by atoms with Crippen molar-refractivity contribution in [2.24, 2.45) is 5.92 Å². The third-order valence-corrected chi connectivity index (χ3v) is 5.63. The molecule has 3 atom stereocenters. The number of hydrogen-bond acceptors (Lipinski definition) is 4. The molecule has 1 fully saturated rings. The highest BCUT2D eigenvalue weighted by atomic mass is 35.5. The lowest BCUT2D eigenvalue weighted by atomic mass is 9.91. The fraction of sp³-hybridized carbons (Fsp3) is 0.348. The molecular weight excluding hydrogens is 427 g/mol. The molecule has 0 spiro atoms. The Morgan fingerprint density at radius 1 is 1.17 bits per heavy atom. The Balaban J connectivity index is 1.84. The van der Waals surface area contributed by atoms with E-state index < -0.39 is 12.3 Å². The normalized spacial score (nSPS) is 21.6. The third-order valence-electron chi connectivity index (χ3n) is 4.97. The molecular formula is C23H24Cl2O5. The van der Waals surface area contributed by atoms with Crippen LogP contribution in [-0.4, -0.2) is 24.8 Å². The Hall–Kier alpha value is -2.05. The molecule has 2 aromatic rings. The van der Waals surface area contributed by atoms with Crippen LogP contribution in [0, 0.1) is 5.92 Å². The molecule has 1 N–H and O–H groups in total. The van der Waals surface area contributed by atoms with Gasteiger partial charge in [-0.2, -0.15) is 0 Å². The van der Waals surface area contributed by atoms with Crippen molar-refractivity contribution in [3.8, 4) is 5.75 Å². The van der Waals surface area contributed by atoms with Crippen molar-refractivity contribution in [2.45, 2.75) is 31.7 Å². The van der Waals surface area contributed by atoms with Crippen LogP contribution in [0.15, 0.2) is 54.6 Å². The van der Waals surface area contributed by atoms with Gasteiger partial charge in [0.2, 0.25) is 0 Å². The fourth-order valence-corrected chi connectivity index (χ4v) is 4.06. The molecule has 160 valence electrons. The number of carbonyl (C=O) groups is 1. The van der Waals surface area contributed by atoms with E-state index in [9.17, 15) is 4.79 Å². The van der Waals surface area contributed by atoms with Crippen LogP contribution in [0.2, 0.25) is 10.0 Å². The monoisotopic (exact) mass is 450 g/mol. The van der Waals surface area contributed by atoms with Gasteiger partial charge in [0.1, 0.15) is 5.75 Å². The highest BCUT2D eigenvalue weighted by Gasteiger charge is 2.36. The quantitative estimate of drug-likeness (QED) is 0.483. The minimum Gasteiger partial charge on any atom is -0.496 e. The predicted octanol–water partition coefficient (Wildman–Crippen LogP) is 6.22. The van der Waals surface area contributed by atoms with Crippen LogP contribution in [0.4, 0.5) is 0 Å². The molecule has 0 saturated carbocycles. The maximum Gasteiger partial charge on any atom is 0.303 e. The molecule has 1 heterocycles. The number of carboxylic acid groups (broad SMARTS) is 1. The summed E-state index contributed by atoms with van der Waals surface area (Å²) in [4.78, 5) is 10.7. The van der Waals surface area contributed by atoms with E-state index in [-0.39, 0.29) is 18.4 Å². The minimum atomic E-state index is -0.810. The Bertz CT molecular complexity index is 879. The van der Waals surface area contributed by atoms with E-state index in [1.807, 2.05) is 36.4 Å². The lowest BCUT2D eigenvalue weighted by molar-refractivity contribution is -0.244. The number of rotatable bonds is 8. The lowest BCUT2D eigenvalue weighted by Crippen LogP contribution is -2.31. The molecule has 7 heteroatoms. The zero-order valence-corrected chi connectivity index (χ0v) is 18.1. The average Bonchev–Trinajstić information content (AvgIpc) is 2.73. The van der Waals surface area contributed by atoms with Gasteiger partial charge >= 0.3 is 5.97 Å². The smallest absolute Gasteiger partial charge is 0.303 e. The van der Waals surface area contributed by atoms with Gasteiger partial charge in [-0.25, -0.2) is 0 Å². The van der Waals surface area contributed by atoms with E-state index in [4.69, 9.17) is 42.5 Å². The second kappa shape index (κ2) is 10.8. The number of aliphatic carboxylic acids is 1. The van der Waals surface area contributed by atoms with Crippen molar-refractivity contribution in [1.82, 2.24) is 0 Å². The number of methoxy groups -OCH3 is 1. The molecule has 1 aliphatic heterocycles. The van der Waals surface area contributed by atoms with Crippen LogP contribution >= 0.6 is 23.2 Å². The number of benzene rings is 2. The molecule has 1 unspecified atom stereocenters. The first-order valence-corrected chi connectivity index (χ1v) is 10.5. The van der Waals surface area contributed by atoms with Gasteiger partial charge in [0.15, 0.2) is 6.29 Å². The first kappa shape index (κ1) is 22.6. The van der Waals surface area contributed by atoms with Gasteiger partial charge in [-0.15, -0.1) is 0 Å². The van der Waals surface area contributed by atoms with E-state index in [1.54, 1.807) is 25.3 Å². The van der Waals surface area contributed by atoms with Crippen molar-refractivity contribution in [2.75, 3.05) is 13.7 Å². The molecule has 1 saturated heterocycles. The van der Waals surface area contributed by atoms with Gasteiger partial charge in [0.05, 0.1) is 29.9 Å². The van der Waals surface area contributed by atoms with Crippen molar-refractivity contribution >= 4 is 29.2 Å². The SMILES string of the molecule is COc1ccccc1[C@H]1O[C@@H](c2c(Cl)cccc2Cl)OCC1C/C=C\CCC(=O)O. The number of hydrogen-bond donors (Lipinski definition) is 1. The molecule has 0 bridgehead atoms. The van der Waals surface area contributed by atoms with Gasteiger partial charge in [0.25, 0.3) is 0 Å². The molecule has 0 aromatic heterocycles. The van der Waals surface area contributed by atoms with Gasteiger partial charge < -0.3 is 19.3 Å². The van der Waals surface area contributed by atoms with Crippen LogP contribution in [0.5, 0.6) is 5.75 Å². The lowest BCUT2D eigenvalue weighted by Gasteiger charge is -2.37. The van der Waals surface area contributed by atoms with Crippen LogP contribution < -0.4 is 4.74 Å². The molecule has 0 aliphatic carbocycles. The van der Waals surface area contributed by atoms with Gasteiger partial charge in [-0.1, -0.05) is 59.6 Å². The van der Waals surface area contributed by atoms with Crippen LogP contribution in [-0.2, 0) is 14.3 Å². The highest BCUT2D eigenvalue weighted by molar-refractivity contribution is 6.36. The maximum atomic E-state index is 10.7. The number of halogens is 2. The highest BCUT2D eigenvalue weighted by Crippen LogP contribution is 2.45. The Kier molecular flexibility index (Phi) is 8.16. The summed E-state index contributed by atoms with van der Waals surface area (Å²) in [7, 11) is 1.63. The van der Waals surface area contributed by atoms with Crippen LogP contribution in [0.1, 0.15) is 42.8 Å². The zero-order valence-electron chi connectivity index (χ0n) is 16.6. The van der Waals surface area contributed by atoms with E-state index in [1.165, 1.54) is 0 Å². The van der Waals surface area contributed by atoms with E-state index in [2.05, 4.69) is 0 Å². The average molecular weight is 451 g/mol. The molecule has 3 rings (SSSR count). The summed E-state index contributed by atoms with van der Waals surface area (Å²) in [5, 5.41) is 9.75. The summed E-state index contributed by atoms with van der Waals surface area (Å²) in [5.41, 5.74) is 1.52. The molecule has 1 aliphatic rings. The predicted molar refractivity (Wildman–Crippen MR) is 116 cm³/mol. The second-order valence-corrected chi connectivity index (χ2v) is 7.81. The van der Waals surface area contributed by atoms with E-state index in [0.29, 0.717) is 35.1 Å². The molecule has 0 radical (unpaired) electrons. The van der Waals surface area contributed by atoms with Crippen molar-refractivity contribution in [3.05, 3.63) is 75.8 Å². The first-order chi connectivity index (χ1) is 14.5. The van der Waals surface area contributed by atoms with Gasteiger partial charge in [-0.05, 0) is 31.0 Å². The standard InChI is InChI=1S/C23H24Cl2O5/c1-28-19-12-6-5-9-16(19)22-15(8-3-2-4-13-20(26)27)14-29-23(30-22)21-17(24)10-7-11-18(21)25/h2-3,5-7,9-12,15,22-23H,4,8,13-14H2,1H3,(H,26,27)/b3-2-/t15?,22-,23-/m0/s1. The minimum absolute atomic E-state index is 0.0138. The third kappa shape index (κ3) is 5.55. The Morgan fingerprint density at radius 3 is 2.60 bits per heavy atom. The summed E-state index contributed by atoms with van der Waals surface area (Å²) in [5.74, 6) is -0.0662. The first-order valence-electron chi connectivity index (χ1n) is 9.72. The number of carboxylic acids is 1. The molecule has 5 nitrogen and oxygen atoms in total. The van der Waals surface area contributed by atoms with Crippen molar-refractivity contribution in [3.63, 3.8) is 0 Å². The van der Waals surface area contributed by atoms with Crippen LogP contribution in [0.3, 0.4) is 0 Å². The topological polar surface area (TPSA) is 65.0 Å². The zero-order chi connectivity index (χ0) is 21.5. The maximum absolute atomic E-state index is 10.7. The van der Waals surface area contributed by atoms with E-state index in [0.717, 1.165) is 11.3 Å². The summed E-state index contributed by atoms with van der Waals surface area (Å²) in [6.45, 7) is 0.429. The van der Waals surface area contributed by atoms with Gasteiger partial charge in [-0.3, -0.25) is 4.79 Å². The van der Waals surface area contributed by atoms with Crippen LogP contribution in [0.25, 0.3) is 0 Å². The van der Waals surface area contributed by atoms with Gasteiger partial charge in [0, 0.05) is 23.5 Å². The number of para-hydroxylation sites is 1. The Labute approximate surface area is 186 Å². The summed E-state index contributed by atoms with van der Waals surface area (Å²) in [6.07, 6.45) is 4.11. The molecule has 30 heavy (non-hydrogen) atoms. The van der Waals surface area contributed by atoms with Crippen molar-refractivity contribution < 1.29 is 24.1 Å². The molecule has 2 aromatic carbocycles. The number of ether oxygens (including phenoxy) is 3. The second-order valence-electron chi connectivity index (χ2n) is 7.00. The summed E-state index contributed by atoms with van der Waals surface area (Å²) >= 11 is 12.7. The Morgan fingerprint density at radius 2 is 1.90 bits per heavy atom. The summed E-state index contributed by atoms with van der Waals surface area (Å²) < 4.78 is 17.9. The number of allylic oxidation sites excluding steroid dienone is 2. The summed E-state index contributed by atoms with van der Waals surface area (Å²) in [6, 6.07) is 13.0. The van der Waals surface area contributed by atoms with E-state index >= 15 is 0 Å². The molecule has 0 amide bonds. The fourth-order valence-electron chi connectivity index (χ4n) is 3.49. The van der Waals surface area contributed by atoms with Crippen molar-refractivity contribution in [1.29, 1.82) is 0 Å².